The van der Waals surface area contributed by atoms with Crippen LogP contribution >= 0.6 is 0 Å². The van der Waals surface area contributed by atoms with Gasteiger partial charge in [0.1, 0.15) is 0 Å². The highest BCUT2D eigenvalue weighted by molar-refractivity contribution is 6.13. The average molecular weight is 513 g/mol. The lowest BCUT2D eigenvalue weighted by Gasteiger charge is -2.27. The van der Waals surface area contributed by atoms with Crippen LogP contribution < -0.4 is 9.80 Å². The summed E-state index contributed by atoms with van der Waals surface area (Å²) in [4.78, 5) is 4.67. The number of rotatable bonds is 6. The third-order valence-corrected chi connectivity index (χ3v) is 7.40. The minimum atomic E-state index is 1.13. The van der Waals surface area contributed by atoms with E-state index in [1.165, 1.54) is 21.5 Å². The average Bonchev–Trinajstić information content (AvgIpc) is 3.03. The van der Waals surface area contributed by atoms with Crippen LogP contribution in [0.15, 0.2) is 170 Å². The van der Waals surface area contributed by atoms with Crippen LogP contribution in [0.4, 0.5) is 34.1 Å². The van der Waals surface area contributed by atoms with Gasteiger partial charge >= 0.3 is 0 Å². The van der Waals surface area contributed by atoms with Gasteiger partial charge in [-0.1, -0.05) is 103 Å². The summed E-state index contributed by atoms with van der Waals surface area (Å²) < 4.78 is 0. The Morgan fingerprint density at radius 2 is 0.750 bits per heavy atom. The topological polar surface area (TPSA) is 6.48 Å². The first kappa shape index (κ1) is 23.8. The van der Waals surface area contributed by atoms with Crippen LogP contribution in [0.1, 0.15) is 0 Å². The molecule has 7 aromatic rings. The molecular formula is C38H28N2. The molecule has 0 atom stereocenters. The van der Waals surface area contributed by atoms with Crippen LogP contribution in [-0.4, -0.2) is 0 Å². The quantitative estimate of drug-likeness (QED) is 0.204. The Hall–Kier alpha value is -5.34. The van der Waals surface area contributed by atoms with E-state index in [9.17, 15) is 0 Å². The lowest BCUT2D eigenvalue weighted by molar-refractivity contribution is 1.29. The molecule has 0 aliphatic rings. The van der Waals surface area contributed by atoms with Gasteiger partial charge in [0.15, 0.2) is 0 Å². The molecule has 40 heavy (non-hydrogen) atoms. The largest absolute Gasteiger partial charge is 0.310 e. The number of benzene rings is 7. The van der Waals surface area contributed by atoms with Gasteiger partial charge in [-0.3, -0.25) is 0 Å². The van der Waals surface area contributed by atoms with E-state index in [0.29, 0.717) is 0 Å². The van der Waals surface area contributed by atoms with Crippen molar-refractivity contribution in [2.75, 3.05) is 9.80 Å². The number of hydrogen-bond donors (Lipinski definition) is 0. The first-order valence-corrected chi connectivity index (χ1v) is 13.6. The monoisotopic (exact) mass is 512 g/mol. The normalized spacial score (nSPS) is 11.0. The fourth-order valence-corrected chi connectivity index (χ4v) is 5.58. The van der Waals surface area contributed by atoms with Crippen molar-refractivity contribution in [3.05, 3.63) is 170 Å². The first-order valence-electron chi connectivity index (χ1n) is 13.6. The number of para-hydroxylation sites is 4. The zero-order chi connectivity index (χ0) is 26.7. The minimum Gasteiger partial charge on any atom is -0.310 e. The summed E-state index contributed by atoms with van der Waals surface area (Å²) in [5.74, 6) is 0. The maximum Gasteiger partial charge on any atom is 0.0540 e. The molecule has 0 radical (unpaired) electrons. The van der Waals surface area contributed by atoms with E-state index in [2.05, 4.69) is 180 Å². The highest BCUT2D eigenvalue weighted by Gasteiger charge is 2.17. The van der Waals surface area contributed by atoms with Crippen molar-refractivity contribution in [2.45, 2.75) is 0 Å². The van der Waals surface area contributed by atoms with Gasteiger partial charge in [-0.05, 0) is 82.9 Å². The summed E-state index contributed by atoms with van der Waals surface area (Å²) in [7, 11) is 0. The third-order valence-electron chi connectivity index (χ3n) is 7.40. The lowest BCUT2D eigenvalue weighted by atomic mass is 9.99. The van der Waals surface area contributed by atoms with Gasteiger partial charge in [0.05, 0.1) is 5.69 Å². The predicted molar refractivity (Wildman–Crippen MR) is 171 cm³/mol. The van der Waals surface area contributed by atoms with Gasteiger partial charge in [0.2, 0.25) is 0 Å². The Morgan fingerprint density at radius 1 is 0.275 bits per heavy atom. The van der Waals surface area contributed by atoms with Gasteiger partial charge in [0.25, 0.3) is 0 Å². The molecule has 0 aliphatic heterocycles. The summed E-state index contributed by atoms with van der Waals surface area (Å²) >= 11 is 0. The summed E-state index contributed by atoms with van der Waals surface area (Å²) in [5.41, 5.74) is 6.82. The zero-order valence-electron chi connectivity index (χ0n) is 22.1. The van der Waals surface area contributed by atoms with E-state index in [0.717, 1.165) is 34.1 Å². The predicted octanol–water partition coefficient (Wildman–Crippen LogP) is 10.9. The fraction of sp³-hybridized carbons (Fsp3) is 0. The fourth-order valence-electron chi connectivity index (χ4n) is 5.58. The molecule has 0 saturated heterocycles. The molecule has 0 unspecified atom stereocenters. The van der Waals surface area contributed by atoms with Crippen LogP contribution in [0.3, 0.4) is 0 Å². The minimum absolute atomic E-state index is 1.13. The highest BCUT2D eigenvalue weighted by Crippen LogP contribution is 2.42. The first-order chi connectivity index (χ1) is 19.9. The van der Waals surface area contributed by atoms with Crippen molar-refractivity contribution in [3.63, 3.8) is 0 Å². The summed E-state index contributed by atoms with van der Waals surface area (Å²) in [5, 5.41) is 4.90. The number of anilines is 6. The molecule has 7 rings (SSSR count). The van der Waals surface area contributed by atoms with Crippen molar-refractivity contribution in [3.8, 4) is 0 Å². The van der Waals surface area contributed by atoms with E-state index in [4.69, 9.17) is 0 Å². The SMILES string of the molecule is c1ccc(N(c2ccccc2)c2ccc3ccc4c(N(c5ccccc5)c5ccccc5)cccc4c3c2)cc1. The van der Waals surface area contributed by atoms with Crippen molar-refractivity contribution < 1.29 is 0 Å². The molecule has 0 N–H and O–H groups in total. The number of hydrogen-bond acceptors (Lipinski definition) is 2. The molecule has 0 spiro atoms. The summed E-state index contributed by atoms with van der Waals surface area (Å²) in [6, 6.07) is 60.3. The maximum absolute atomic E-state index is 2.35. The van der Waals surface area contributed by atoms with Crippen molar-refractivity contribution in [1.82, 2.24) is 0 Å². The summed E-state index contributed by atoms with van der Waals surface area (Å²) in [6.45, 7) is 0. The molecule has 0 heterocycles. The second-order valence-electron chi connectivity index (χ2n) is 9.86. The Bertz CT molecular complexity index is 1800. The lowest BCUT2D eigenvalue weighted by Crippen LogP contribution is -2.10. The Morgan fingerprint density at radius 3 is 1.27 bits per heavy atom. The van der Waals surface area contributed by atoms with E-state index in [-0.39, 0.29) is 0 Å². The molecule has 7 aromatic carbocycles. The van der Waals surface area contributed by atoms with Gasteiger partial charge in [-0.2, -0.15) is 0 Å². The molecule has 0 saturated carbocycles. The number of fused-ring (bicyclic) bond motifs is 3. The molecule has 2 nitrogen and oxygen atoms in total. The third kappa shape index (κ3) is 4.36. The van der Waals surface area contributed by atoms with Crippen LogP contribution in [0.2, 0.25) is 0 Å². The van der Waals surface area contributed by atoms with Crippen LogP contribution in [0, 0.1) is 0 Å². The molecule has 2 heteroatoms. The molecule has 0 amide bonds. The van der Waals surface area contributed by atoms with E-state index in [1.54, 1.807) is 0 Å². The van der Waals surface area contributed by atoms with Crippen LogP contribution in [-0.2, 0) is 0 Å². The van der Waals surface area contributed by atoms with Crippen molar-refractivity contribution >= 4 is 55.7 Å². The van der Waals surface area contributed by atoms with Crippen molar-refractivity contribution in [1.29, 1.82) is 0 Å². The summed E-state index contributed by atoms with van der Waals surface area (Å²) in [6.07, 6.45) is 0. The maximum atomic E-state index is 2.35. The Labute approximate surface area is 235 Å². The van der Waals surface area contributed by atoms with E-state index in [1.807, 2.05) is 0 Å². The molecule has 0 aliphatic carbocycles. The molecular weight excluding hydrogens is 484 g/mol. The molecule has 0 aromatic heterocycles. The second-order valence-corrected chi connectivity index (χ2v) is 9.86. The van der Waals surface area contributed by atoms with Gasteiger partial charge in [0, 0.05) is 33.8 Å². The second kappa shape index (κ2) is 10.4. The number of nitrogens with zero attached hydrogens (tertiary/aromatic N) is 2. The standard InChI is InChI=1S/C38H28N2/c1-5-14-30(15-6-1)39(31-16-7-2-8-17-31)34-26-24-29-25-27-36-35(37(29)28-34)22-13-23-38(36)40(32-18-9-3-10-19-32)33-20-11-4-12-21-33/h1-28H. The van der Waals surface area contributed by atoms with Crippen LogP contribution in [0.5, 0.6) is 0 Å². The molecule has 190 valence electrons. The Kier molecular flexibility index (Phi) is 6.20. The van der Waals surface area contributed by atoms with E-state index < -0.39 is 0 Å². The van der Waals surface area contributed by atoms with E-state index >= 15 is 0 Å². The van der Waals surface area contributed by atoms with Gasteiger partial charge < -0.3 is 9.80 Å². The highest BCUT2D eigenvalue weighted by atomic mass is 15.1. The van der Waals surface area contributed by atoms with Gasteiger partial charge in [-0.25, -0.2) is 0 Å². The molecule has 0 fully saturated rings. The smallest absolute Gasteiger partial charge is 0.0540 e. The van der Waals surface area contributed by atoms with Crippen LogP contribution in [0.25, 0.3) is 21.5 Å². The van der Waals surface area contributed by atoms with Gasteiger partial charge in [-0.15, -0.1) is 0 Å². The molecule has 0 bridgehead atoms. The zero-order valence-corrected chi connectivity index (χ0v) is 22.1. The Balaban J connectivity index is 1.44. The van der Waals surface area contributed by atoms with Crippen molar-refractivity contribution in [2.24, 2.45) is 0 Å².